The minimum atomic E-state index is 0.0179. The highest BCUT2D eigenvalue weighted by Crippen LogP contribution is 2.41. The van der Waals surface area contributed by atoms with Crippen LogP contribution in [-0.4, -0.2) is 17.6 Å². The molecule has 0 saturated carbocycles. The quantitative estimate of drug-likeness (QED) is 0.886. The molecule has 0 bridgehead atoms. The van der Waals surface area contributed by atoms with Crippen molar-refractivity contribution in [2.24, 2.45) is 0 Å². The fourth-order valence-corrected chi connectivity index (χ4v) is 3.19. The molecule has 3 nitrogen and oxygen atoms in total. The second-order valence-electron chi connectivity index (χ2n) is 5.45. The van der Waals surface area contributed by atoms with E-state index in [4.69, 9.17) is 0 Å². The number of rotatable bonds is 3. The Morgan fingerprint density at radius 3 is 3.00 bits per heavy atom. The Morgan fingerprint density at radius 2 is 2.20 bits per heavy atom. The van der Waals surface area contributed by atoms with Gasteiger partial charge in [-0.15, -0.1) is 0 Å². The van der Waals surface area contributed by atoms with Crippen LogP contribution in [0.1, 0.15) is 36.5 Å². The van der Waals surface area contributed by atoms with Gasteiger partial charge in [-0.1, -0.05) is 23.8 Å². The van der Waals surface area contributed by atoms with Gasteiger partial charge >= 0.3 is 0 Å². The highest BCUT2D eigenvalue weighted by atomic mass is 16.3. The molecule has 0 heterocycles. The van der Waals surface area contributed by atoms with E-state index in [-0.39, 0.29) is 5.91 Å². The van der Waals surface area contributed by atoms with E-state index in [0.29, 0.717) is 12.3 Å². The molecule has 0 saturated heterocycles. The van der Waals surface area contributed by atoms with E-state index in [2.05, 4.69) is 17.5 Å². The van der Waals surface area contributed by atoms with Crippen LogP contribution in [0.4, 0.5) is 0 Å². The molecule has 1 amide bonds. The Kier molecular flexibility index (Phi) is 3.35. The Balaban J connectivity index is 1.96. The molecule has 3 rings (SSSR count). The van der Waals surface area contributed by atoms with Crippen molar-refractivity contribution in [2.75, 3.05) is 6.54 Å². The SMILES string of the molecule is CC(=O)NCCC1=C2C=CCc3ccc(O)c(c32)CC1. The molecule has 1 aromatic carbocycles. The second kappa shape index (κ2) is 5.16. The molecule has 2 aliphatic carbocycles. The number of benzene rings is 1. The van der Waals surface area contributed by atoms with E-state index >= 15 is 0 Å². The number of carbonyl (C=O) groups excluding carboxylic acids is 1. The van der Waals surface area contributed by atoms with Crippen LogP contribution in [0.15, 0.2) is 29.9 Å². The van der Waals surface area contributed by atoms with Gasteiger partial charge in [0.25, 0.3) is 0 Å². The molecule has 0 unspecified atom stereocenters. The summed E-state index contributed by atoms with van der Waals surface area (Å²) in [5, 5.41) is 12.9. The number of amides is 1. The van der Waals surface area contributed by atoms with Gasteiger partial charge in [0.05, 0.1) is 0 Å². The molecule has 2 N–H and O–H groups in total. The highest BCUT2D eigenvalue weighted by Gasteiger charge is 2.24. The van der Waals surface area contributed by atoms with E-state index < -0.39 is 0 Å². The largest absolute Gasteiger partial charge is 0.508 e. The van der Waals surface area contributed by atoms with Crippen LogP contribution in [-0.2, 0) is 17.6 Å². The lowest BCUT2D eigenvalue weighted by molar-refractivity contribution is -0.118. The molecule has 0 radical (unpaired) electrons. The van der Waals surface area contributed by atoms with Gasteiger partial charge in [0.2, 0.25) is 5.91 Å². The highest BCUT2D eigenvalue weighted by molar-refractivity contribution is 5.85. The molecule has 0 aromatic heterocycles. The van der Waals surface area contributed by atoms with Crippen molar-refractivity contribution in [1.29, 1.82) is 0 Å². The van der Waals surface area contributed by atoms with Gasteiger partial charge in [-0.05, 0) is 48.4 Å². The summed E-state index contributed by atoms with van der Waals surface area (Å²) in [6.07, 6.45) is 8.03. The molecular weight excluding hydrogens is 250 g/mol. The lowest BCUT2D eigenvalue weighted by Crippen LogP contribution is -2.22. The summed E-state index contributed by atoms with van der Waals surface area (Å²) >= 11 is 0. The summed E-state index contributed by atoms with van der Waals surface area (Å²) in [7, 11) is 0. The average Bonchev–Trinajstić information content (AvgIpc) is 2.44. The maximum atomic E-state index is 11.0. The van der Waals surface area contributed by atoms with E-state index in [1.807, 2.05) is 12.1 Å². The standard InChI is InChI=1S/C17H19NO2/c1-11(19)18-10-9-12-5-7-15-16(20)8-6-13-3-2-4-14(12)17(13)15/h2,4,6,8,20H,3,5,7,9-10H2,1H3,(H,18,19). The van der Waals surface area contributed by atoms with Crippen molar-refractivity contribution < 1.29 is 9.90 Å². The van der Waals surface area contributed by atoms with Crippen LogP contribution in [0.25, 0.3) is 5.57 Å². The third kappa shape index (κ3) is 2.24. The monoisotopic (exact) mass is 269 g/mol. The Bertz CT molecular complexity index is 626. The molecule has 0 spiro atoms. The van der Waals surface area contributed by atoms with Gasteiger partial charge < -0.3 is 10.4 Å². The summed E-state index contributed by atoms with van der Waals surface area (Å²) in [6, 6.07) is 3.83. The zero-order chi connectivity index (χ0) is 14.1. The fourth-order valence-electron chi connectivity index (χ4n) is 3.19. The van der Waals surface area contributed by atoms with E-state index in [0.717, 1.165) is 31.2 Å². The van der Waals surface area contributed by atoms with Crippen LogP contribution in [0.2, 0.25) is 0 Å². The van der Waals surface area contributed by atoms with Gasteiger partial charge in [-0.25, -0.2) is 0 Å². The topological polar surface area (TPSA) is 49.3 Å². The maximum Gasteiger partial charge on any atom is 0.216 e. The lowest BCUT2D eigenvalue weighted by atomic mass is 9.78. The van der Waals surface area contributed by atoms with E-state index in [9.17, 15) is 9.90 Å². The van der Waals surface area contributed by atoms with Gasteiger partial charge in [-0.2, -0.15) is 0 Å². The molecule has 0 fully saturated rings. The summed E-state index contributed by atoms with van der Waals surface area (Å²) in [4.78, 5) is 11.0. The number of hydrogen-bond donors (Lipinski definition) is 2. The van der Waals surface area contributed by atoms with Gasteiger partial charge in [0.1, 0.15) is 5.75 Å². The second-order valence-corrected chi connectivity index (χ2v) is 5.45. The van der Waals surface area contributed by atoms with Crippen LogP contribution >= 0.6 is 0 Å². The molecule has 0 aliphatic heterocycles. The fraction of sp³-hybridized carbons (Fsp3) is 0.353. The molecule has 104 valence electrons. The molecule has 0 atom stereocenters. The van der Waals surface area contributed by atoms with Crippen LogP contribution in [0, 0.1) is 0 Å². The zero-order valence-electron chi connectivity index (χ0n) is 11.7. The number of nitrogens with one attached hydrogen (secondary N) is 1. The minimum absolute atomic E-state index is 0.0179. The third-order valence-corrected chi connectivity index (χ3v) is 4.12. The first kappa shape index (κ1) is 13.0. The van der Waals surface area contributed by atoms with Crippen molar-refractivity contribution in [3.05, 3.63) is 46.5 Å². The van der Waals surface area contributed by atoms with Crippen LogP contribution in [0.3, 0.4) is 0 Å². The van der Waals surface area contributed by atoms with Gasteiger partial charge in [-0.3, -0.25) is 4.79 Å². The lowest BCUT2D eigenvalue weighted by Gasteiger charge is -2.27. The van der Waals surface area contributed by atoms with Crippen molar-refractivity contribution in [2.45, 2.75) is 32.6 Å². The Labute approximate surface area is 119 Å². The number of phenols is 1. The van der Waals surface area contributed by atoms with Crippen molar-refractivity contribution in [3.8, 4) is 5.75 Å². The smallest absolute Gasteiger partial charge is 0.216 e. The third-order valence-electron chi connectivity index (χ3n) is 4.12. The normalized spacial score (nSPS) is 16.1. The van der Waals surface area contributed by atoms with Crippen molar-refractivity contribution >= 4 is 11.5 Å². The molecule has 3 heteroatoms. The van der Waals surface area contributed by atoms with E-state index in [1.54, 1.807) is 6.92 Å². The minimum Gasteiger partial charge on any atom is -0.508 e. The molecule has 20 heavy (non-hydrogen) atoms. The van der Waals surface area contributed by atoms with Gasteiger partial charge in [0.15, 0.2) is 0 Å². The predicted octanol–water partition coefficient (Wildman–Crippen LogP) is 2.73. The number of allylic oxidation sites excluding steroid dienone is 3. The number of carbonyl (C=O) groups is 1. The molecule has 1 aromatic rings. The average molecular weight is 269 g/mol. The van der Waals surface area contributed by atoms with E-state index in [1.165, 1.54) is 22.3 Å². The number of hydrogen-bond acceptors (Lipinski definition) is 2. The van der Waals surface area contributed by atoms with Crippen molar-refractivity contribution in [1.82, 2.24) is 5.32 Å². The predicted molar refractivity (Wildman–Crippen MR) is 79.5 cm³/mol. The summed E-state index contributed by atoms with van der Waals surface area (Å²) in [6.45, 7) is 2.23. The summed E-state index contributed by atoms with van der Waals surface area (Å²) in [5.74, 6) is 0.432. The van der Waals surface area contributed by atoms with Crippen LogP contribution in [0.5, 0.6) is 5.75 Å². The molecule has 2 aliphatic rings. The Morgan fingerprint density at radius 1 is 1.35 bits per heavy atom. The first-order valence-corrected chi connectivity index (χ1v) is 7.14. The summed E-state index contributed by atoms with van der Waals surface area (Å²) in [5.41, 5.74) is 6.26. The summed E-state index contributed by atoms with van der Waals surface area (Å²) < 4.78 is 0. The van der Waals surface area contributed by atoms with Crippen molar-refractivity contribution in [3.63, 3.8) is 0 Å². The first-order chi connectivity index (χ1) is 9.66. The maximum absolute atomic E-state index is 11.0. The first-order valence-electron chi connectivity index (χ1n) is 7.14. The Hall–Kier alpha value is -2.03. The number of phenolic OH excluding ortho intramolecular Hbond substituents is 1. The van der Waals surface area contributed by atoms with Crippen LogP contribution < -0.4 is 5.32 Å². The molecular formula is C17H19NO2. The zero-order valence-corrected chi connectivity index (χ0v) is 11.7. The van der Waals surface area contributed by atoms with Gasteiger partial charge in [0, 0.05) is 19.0 Å². The number of aromatic hydroxyl groups is 1.